The highest BCUT2D eigenvalue weighted by Crippen LogP contribution is 2.67. The van der Waals surface area contributed by atoms with Gasteiger partial charge in [0.25, 0.3) is 0 Å². The molecule has 1 N–H and O–H groups in total. The second kappa shape index (κ2) is 13.9. The van der Waals surface area contributed by atoms with Gasteiger partial charge >= 0.3 is 0 Å². The van der Waals surface area contributed by atoms with Gasteiger partial charge in [0.2, 0.25) is 5.95 Å². The Labute approximate surface area is 308 Å². The molecule has 0 unspecified atom stereocenters. The Hall–Kier alpha value is -2.27. The first-order valence-electron chi connectivity index (χ1n) is 18.7. The lowest BCUT2D eigenvalue weighted by Crippen LogP contribution is -2.60. The molecule has 8 rings (SSSR count). The van der Waals surface area contributed by atoms with Gasteiger partial charge in [-0.3, -0.25) is 14.5 Å². The van der Waals surface area contributed by atoms with Crippen molar-refractivity contribution < 1.29 is 19.1 Å². The number of allylic oxidation sites excluding steroid dienone is 4. The van der Waals surface area contributed by atoms with Crippen molar-refractivity contribution in [2.45, 2.75) is 90.3 Å². The summed E-state index contributed by atoms with van der Waals surface area (Å²) in [6, 6.07) is 2.15. The van der Waals surface area contributed by atoms with Gasteiger partial charge in [0, 0.05) is 75.7 Å². The van der Waals surface area contributed by atoms with Gasteiger partial charge in [-0.05, 0) is 80.8 Å². The number of nitrogens with zero attached hydrogens (tertiary/aromatic N) is 6. The molecule has 50 heavy (non-hydrogen) atoms. The number of fused-ring (bicyclic) bond motifs is 5. The first kappa shape index (κ1) is 37.5. The number of alkyl halides is 1. The fourth-order valence-electron chi connectivity index (χ4n) is 11.0. The average Bonchev–Trinajstić information content (AvgIpc) is 3.85. The van der Waals surface area contributed by atoms with E-state index >= 15 is 4.39 Å². The smallest absolute Gasteiger partial charge is 0.229 e. The van der Waals surface area contributed by atoms with E-state index in [1.807, 2.05) is 6.92 Å². The Bertz CT molecular complexity index is 1510. The number of hydrogen-bond donors (Lipinski definition) is 1. The number of anilines is 3. The number of Topliss-reactive ketones (excluding diaryl/α,β-unsaturated/α-hetero) is 1. The van der Waals surface area contributed by atoms with Crippen molar-refractivity contribution in [1.29, 1.82) is 0 Å². The van der Waals surface area contributed by atoms with E-state index in [4.69, 9.17) is 9.97 Å². The van der Waals surface area contributed by atoms with E-state index in [0.717, 1.165) is 69.9 Å². The van der Waals surface area contributed by atoms with Gasteiger partial charge in [0.05, 0.1) is 6.54 Å². The van der Waals surface area contributed by atoms with Gasteiger partial charge < -0.3 is 19.8 Å². The first-order chi connectivity index (χ1) is 23.0. The molecular weight excluding hydrogens is 678 g/mol. The summed E-state index contributed by atoms with van der Waals surface area (Å²) in [5.41, 5.74) is -0.685. The SMILES string of the molecule is C[C@H]1C[C@H]2[C@@H]3C[C@H](F)C4=CC(=O)CC[C@]4(C)C3=CC[C@]2(C)[C@@]1(O)C(=O)CN1CCN(c2cc(N3CCCC3)nc(N3CCCC3)n2)CC1.Cl.Cl. The fraction of sp³-hybridized carbons (Fsp3) is 0.737. The van der Waals surface area contributed by atoms with Gasteiger partial charge in [-0.15, -0.1) is 24.8 Å². The number of ketones is 2. The van der Waals surface area contributed by atoms with Crippen molar-refractivity contribution in [3.63, 3.8) is 0 Å². The number of rotatable bonds is 6. The second-order valence-electron chi connectivity index (χ2n) is 16.5. The van der Waals surface area contributed by atoms with Crippen LogP contribution in [0.25, 0.3) is 0 Å². The van der Waals surface area contributed by atoms with Crippen molar-refractivity contribution in [1.82, 2.24) is 14.9 Å². The van der Waals surface area contributed by atoms with E-state index in [0.29, 0.717) is 37.7 Å². The average molecular weight is 734 g/mol. The predicted octanol–water partition coefficient (Wildman–Crippen LogP) is 5.59. The molecule has 9 nitrogen and oxygen atoms in total. The Morgan fingerprint density at radius 3 is 2.14 bits per heavy atom. The summed E-state index contributed by atoms with van der Waals surface area (Å²) < 4.78 is 15.8. The van der Waals surface area contributed by atoms with Crippen molar-refractivity contribution in [3.05, 3.63) is 29.4 Å². The molecule has 12 heteroatoms. The Morgan fingerprint density at radius 2 is 1.50 bits per heavy atom. The monoisotopic (exact) mass is 732 g/mol. The topological polar surface area (TPSA) is 93.1 Å². The van der Waals surface area contributed by atoms with Crippen LogP contribution in [0.2, 0.25) is 0 Å². The molecule has 0 radical (unpaired) electrons. The summed E-state index contributed by atoms with van der Waals surface area (Å²) in [5.74, 6) is 2.56. The summed E-state index contributed by atoms with van der Waals surface area (Å²) in [7, 11) is 0. The number of aromatic nitrogens is 2. The van der Waals surface area contributed by atoms with E-state index in [1.165, 1.54) is 31.3 Å². The molecule has 1 aromatic heterocycles. The van der Waals surface area contributed by atoms with E-state index in [2.05, 4.69) is 45.6 Å². The van der Waals surface area contributed by atoms with E-state index in [9.17, 15) is 14.7 Å². The summed E-state index contributed by atoms with van der Waals surface area (Å²) in [4.78, 5) is 45.8. The minimum Gasteiger partial charge on any atom is -0.381 e. The standard InChI is InChI=1S/C38H53FN6O3.2ClH/c1-25-20-29-27-22-31(39)30-21-26(46)8-10-36(30,2)28(27)9-11-37(29,3)38(25,48)32(47)24-42-16-18-44(19-17-42)34-23-33(43-12-4-5-13-43)40-35(41-34)45-14-6-7-15-45;;/h9,21,23,25,27,29,31,48H,4-8,10-20,22,24H2,1-3H3;2*1H/t25-,27+,29-,31-,36+,37-,38-;;/m0../s1. The molecule has 5 fully saturated rings. The van der Waals surface area contributed by atoms with Gasteiger partial charge in [0.15, 0.2) is 11.6 Å². The molecule has 7 aliphatic rings. The van der Waals surface area contributed by atoms with Gasteiger partial charge in [-0.25, -0.2) is 4.39 Å². The zero-order chi connectivity index (χ0) is 33.4. The third-order valence-corrected chi connectivity index (χ3v) is 13.9. The minimum absolute atomic E-state index is 0. The lowest BCUT2D eigenvalue weighted by Gasteiger charge is -2.55. The first-order valence-corrected chi connectivity index (χ1v) is 18.7. The van der Waals surface area contributed by atoms with Crippen LogP contribution < -0.4 is 14.7 Å². The Kier molecular flexibility index (Phi) is 10.5. The molecule has 0 bridgehead atoms. The fourth-order valence-corrected chi connectivity index (χ4v) is 11.0. The van der Waals surface area contributed by atoms with Crippen LogP contribution in [0.1, 0.15) is 78.6 Å². The van der Waals surface area contributed by atoms with Crippen LogP contribution in [-0.4, -0.2) is 102 Å². The molecule has 0 amide bonds. The van der Waals surface area contributed by atoms with Crippen LogP contribution in [0, 0.1) is 28.6 Å². The number of halogens is 3. The second-order valence-corrected chi connectivity index (χ2v) is 16.5. The molecule has 0 aromatic carbocycles. The summed E-state index contributed by atoms with van der Waals surface area (Å²) >= 11 is 0. The van der Waals surface area contributed by atoms with Gasteiger partial charge in [-0.2, -0.15) is 9.97 Å². The lowest BCUT2D eigenvalue weighted by molar-refractivity contribution is -0.160. The molecule has 1 aromatic rings. The quantitative estimate of drug-likeness (QED) is 0.376. The van der Waals surface area contributed by atoms with Gasteiger partial charge in [-0.1, -0.05) is 32.4 Å². The van der Waals surface area contributed by atoms with E-state index in [-0.39, 0.29) is 60.7 Å². The minimum atomic E-state index is -1.47. The molecule has 2 saturated carbocycles. The zero-order valence-corrected chi connectivity index (χ0v) is 31.5. The molecular formula is C38H55Cl2FN6O3. The molecule has 7 atom stereocenters. The number of hydrogen-bond acceptors (Lipinski definition) is 9. The van der Waals surface area contributed by atoms with Crippen molar-refractivity contribution >= 4 is 54.0 Å². The highest BCUT2D eigenvalue weighted by Gasteiger charge is 2.68. The highest BCUT2D eigenvalue weighted by molar-refractivity contribution is 5.92. The molecule has 3 aliphatic heterocycles. The maximum absolute atomic E-state index is 15.8. The molecule has 4 aliphatic carbocycles. The third-order valence-electron chi connectivity index (χ3n) is 13.9. The van der Waals surface area contributed by atoms with Gasteiger partial charge in [0.1, 0.15) is 23.4 Å². The third kappa shape index (κ3) is 5.88. The largest absolute Gasteiger partial charge is 0.381 e. The maximum atomic E-state index is 15.8. The van der Waals surface area contributed by atoms with Crippen LogP contribution in [0.3, 0.4) is 0 Å². The van der Waals surface area contributed by atoms with Crippen molar-refractivity contribution in [3.8, 4) is 0 Å². The molecule has 276 valence electrons. The van der Waals surface area contributed by atoms with E-state index in [1.54, 1.807) is 6.08 Å². The predicted molar refractivity (Wildman–Crippen MR) is 200 cm³/mol. The number of aliphatic hydroxyl groups is 1. The molecule has 4 heterocycles. The Morgan fingerprint density at radius 1 is 0.900 bits per heavy atom. The molecule has 0 spiro atoms. The summed E-state index contributed by atoms with van der Waals surface area (Å²) in [6.45, 7) is 13.5. The van der Waals surface area contributed by atoms with Crippen LogP contribution in [0.15, 0.2) is 29.4 Å². The van der Waals surface area contributed by atoms with Crippen molar-refractivity contribution in [2.75, 3.05) is 73.6 Å². The summed E-state index contributed by atoms with van der Waals surface area (Å²) in [6.07, 6.45) is 10.1. The molecule has 3 saturated heterocycles. The van der Waals surface area contributed by atoms with E-state index < -0.39 is 22.6 Å². The number of carbonyl (C=O) groups is 2. The van der Waals surface area contributed by atoms with Crippen LogP contribution in [-0.2, 0) is 9.59 Å². The van der Waals surface area contributed by atoms with Crippen molar-refractivity contribution in [2.24, 2.45) is 28.6 Å². The highest BCUT2D eigenvalue weighted by atomic mass is 35.5. The number of piperazine rings is 1. The van der Waals surface area contributed by atoms with Crippen LogP contribution in [0.5, 0.6) is 0 Å². The normalized spacial score (nSPS) is 36.9. The summed E-state index contributed by atoms with van der Waals surface area (Å²) in [5, 5.41) is 12.5. The number of carbonyl (C=O) groups excluding carboxylic acids is 2. The zero-order valence-electron chi connectivity index (χ0n) is 29.9. The Balaban J connectivity index is 0.00000216. The lowest BCUT2D eigenvalue weighted by atomic mass is 9.50. The van der Waals surface area contributed by atoms with Crippen LogP contribution >= 0.6 is 24.8 Å². The maximum Gasteiger partial charge on any atom is 0.229 e. The van der Waals surface area contributed by atoms with Crippen LogP contribution in [0.4, 0.5) is 22.0 Å².